The van der Waals surface area contributed by atoms with Crippen LogP contribution < -0.4 is 4.46 Å². The van der Waals surface area contributed by atoms with Crippen LogP contribution >= 0.6 is 0 Å². The molecule has 0 saturated heterocycles. The molecule has 1 aliphatic rings. The molecule has 0 radical (unpaired) electrons. The van der Waals surface area contributed by atoms with E-state index in [0.717, 1.165) is 19.4 Å². The average molecular weight is 327 g/mol. The van der Waals surface area contributed by atoms with E-state index in [-0.39, 0.29) is 11.7 Å². The molecule has 1 N–H and O–H groups in total. The Hall–Kier alpha value is -0.341. The Kier molecular flexibility index (Phi) is 5.08. The van der Waals surface area contributed by atoms with Crippen molar-refractivity contribution in [2.24, 2.45) is 5.92 Å². The Morgan fingerprint density at radius 2 is 1.89 bits per heavy atom. The molecule has 2 rings (SSSR count). The first-order chi connectivity index (χ1) is 8.94. The third kappa shape index (κ3) is 4.92. The Morgan fingerprint density at radius 3 is 2.53 bits per heavy atom. The molecule has 1 fully saturated rings. The molecule has 3 heteroatoms. The fourth-order valence-corrected chi connectivity index (χ4v) is 5.11. The van der Waals surface area contributed by atoms with Crippen LogP contribution in [0.1, 0.15) is 33.6 Å². The average Bonchev–Trinajstić information content (AvgIpc) is 2.68. The summed E-state index contributed by atoms with van der Waals surface area (Å²) in [6.07, 6.45) is 1.86. The first kappa shape index (κ1) is 15.1. The molecule has 106 valence electrons. The standard InChI is InChI=1S/C16H24O2Se/c1-16(2,3)18-11-12-9-14(17)15(10-12)19-13-7-5-4-6-8-13/h4-8,12,14-15,17H,9-11H2,1-3H3/t12-,14?,15+/m0/s1. The molecule has 1 aromatic rings. The Bertz CT molecular complexity index is 385. The van der Waals surface area contributed by atoms with Gasteiger partial charge < -0.3 is 0 Å². The number of rotatable bonds is 4. The van der Waals surface area contributed by atoms with Crippen LogP contribution in [0.4, 0.5) is 0 Å². The Morgan fingerprint density at radius 1 is 1.21 bits per heavy atom. The molecule has 1 aromatic carbocycles. The zero-order valence-electron chi connectivity index (χ0n) is 12.0. The van der Waals surface area contributed by atoms with Crippen molar-refractivity contribution < 1.29 is 9.84 Å². The molecular weight excluding hydrogens is 303 g/mol. The topological polar surface area (TPSA) is 29.5 Å². The maximum absolute atomic E-state index is 10.2. The Labute approximate surface area is 122 Å². The Balaban J connectivity index is 1.84. The van der Waals surface area contributed by atoms with Crippen LogP contribution in [0.3, 0.4) is 0 Å². The van der Waals surface area contributed by atoms with Crippen LogP contribution in [0.5, 0.6) is 0 Å². The summed E-state index contributed by atoms with van der Waals surface area (Å²) in [5.41, 5.74) is -0.0758. The molecule has 1 aliphatic carbocycles. The number of aliphatic hydroxyl groups excluding tert-OH is 1. The van der Waals surface area contributed by atoms with Gasteiger partial charge >= 0.3 is 122 Å². The van der Waals surface area contributed by atoms with Crippen molar-refractivity contribution in [2.45, 2.75) is 50.1 Å². The maximum atomic E-state index is 10.2. The molecular formula is C16H24O2Se. The third-order valence-corrected chi connectivity index (χ3v) is 6.19. The first-order valence-corrected chi connectivity index (χ1v) is 8.82. The van der Waals surface area contributed by atoms with E-state index in [1.54, 1.807) is 0 Å². The van der Waals surface area contributed by atoms with E-state index >= 15 is 0 Å². The third-order valence-electron chi connectivity index (χ3n) is 3.35. The molecule has 2 nitrogen and oxygen atoms in total. The fraction of sp³-hybridized carbons (Fsp3) is 0.625. The second-order valence-corrected chi connectivity index (χ2v) is 9.05. The van der Waals surface area contributed by atoms with Crippen molar-refractivity contribution >= 4 is 19.4 Å². The fourth-order valence-electron chi connectivity index (χ4n) is 2.38. The van der Waals surface area contributed by atoms with E-state index in [1.807, 2.05) is 6.07 Å². The normalized spacial score (nSPS) is 27.7. The van der Waals surface area contributed by atoms with Crippen molar-refractivity contribution in [1.29, 1.82) is 0 Å². The number of ether oxygens (including phenoxy) is 1. The van der Waals surface area contributed by atoms with Crippen molar-refractivity contribution in [3.63, 3.8) is 0 Å². The van der Waals surface area contributed by atoms with Gasteiger partial charge in [0, 0.05) is 0 Å². The number of hydrogen-bond donors (Lipinski definition) is 1. The first-order valence-electron chi connectivity index (χ1n) is 6.98. The van der Waals surface area contributed by atoms with Gasteiger partial charge in [0.1, 0.15) is 0 Å². The van der Waals surface area contributed by atoms with Gasteiger partial charge in [0.25, 0.3) is 0 Å². The van der Waals surface area contributed by atoms with E-state index < -0.39 is 0 Å². The molecule has 3 atom stereocenters. The summed E-state index contributed by atoms with van der Waals surface area (Å²) in [6.45, 7) is 7.04. The second-order valence-electron chi connectivity index (χ2n) is 6.30. The van der Waals surface area contributed by atoms with E-state index in [1.165, 1.54) is 4.46 Å². The van der Waals surface area contributed by atoms with Gasteiger partial charge in [-0.25, -0.2) is 0 Å². The minimum atomic E-state index is -0.145. The van der Waals surface area contributed by atoms with Gasteiger partial charge in [0.15, 0.2) is 0 Å². The van der Waals surface area contributed by atoms with Gasteiger partial charge in [0.2, 0.25) is 0 Å². The minimum absolute atomic E-state index is 0.0758. The predicted octanol–water partition coefficient (Wildman–Crippen LogP) is 2.39. The van der Waals surface area contributed by atoms with Gasteiger partial charge in [0.05, 0.1) is 0 Å². The zero-order valence-corrected chi connectivity index (χ0v) is 13.7. The van der Waals surface area contributed by atoms with Crippen molar-refractivity contribution in [2.75, 3.05) is 6.61 Å². The molecule has 0 heterocycles. The summed E-state index contributed by atoms with van der Waals surface area (Å²) >= 11 is 0.372. The summed E-state index contributed by atoms with van der Waals surface area (Å²) in [5, 5.41) is 10.2. The van der Waals surface area contributed by atoms with Gasteiger partial charge in [-0.1, -0.05) is 0 Å². The molecule has 0 aromatic heterocycles. The van der Waals surface area contributed by atoms with Crippen LogP contribution in [0.15, 0.2) is 30.3 Å². The van der Waals surface area contributed by atoms with E-state index in [4.69, 9.17) is 4.74 Å². The van der Waals surface area contributed by atoms with Crippen molar-refractivity contribution in [3.8, 4) is 0 Å². The van der Waals surface area contributed by atoms with Crippen LogP contribution in [0, 0.1) is 5.92 Å². The molecule has 0 bridgehead atoms. The summed E-state index contributed by atoms with van der Waals surface area (Å²) in [6, 6.07) is 10.6. The molecule has 0 spiro atoms. The summed E-state index contributed by atoms with van der Waals surface area (Å²) in [5.74, 6) is 0.518. The van der Waals surface area contributed by atoms with Crippen LogP contribution in [-0.2, 0) is 4.74 Å². The van der Waals surface area contributed by atoms with Crippen LogP contribution in [0.2, 0.25) is 4.82 Å². The zero-order chi connectivity index (χ0) is 13.9. The van der Waals surface area contributed by atoms with Gasteiger partial charge in [-0.3, -0.25) is 0 Å². The molecule has 19 heavy (non-hydrogen) atoms. The number of hydrogen-bond acceptors (Lipinski definition) is 2. The second kappa shape index (κ2) is 6.41. The van der Waals surface area contributed by atoms with Gasteiger partial charge in [-0.2, -0.15) is 0 Å². The number of benzene rings is 1. The number of aliphatic hydroxyl groups is 1. The quantitative estimate of drug-likeness (QED) is 0.861. The SMILES string of the molecule is CC(C)(C)OC[C@H]1CC(O)[C@H]([Se]c2ccccc2)C1. The molecule has 0 amide bonds. The monoisotopic (exact) mass is 328 g/mol. The van der Waals surface area contributed by atoms with Crippen LogP contribution in [-0.4, -0.2) is 38.4 Å². The van der Waals surface area contributed by atoms with Gasteiger partial charge in [-0.05, 0) is 0 Å². The van der Waals surface area contributed by atoms with E-state index in [2.05, 4.69) is 45.0 Å². The summed E-state index contributed by atoms with van der Waals surface area (Å²) in [4.78, 5) is 0.448. The molecule has 1 unspecified atom stereocenters. The van der Waals surface area contributed by atoms with Crippen molar-refractivity contribution in [3.05, 3.63) is 30.3 Å². The van der Waals surface area contributed by atoms with E-state index in [0.29, 0.717) is 25.7 Å². The predicted molar refractivity (Wildman–Crippen MR) is 80.0 cm³/mol. The van der Waals surface area contributed by atoms with Crippen LogP contribution in [0.25, 0.3) is 0 Å². The molecule has 0 aliphatic heterocycles. The summed E-state index contributed by atoms with van der Waals surface area (Å²) in [7, 11) is 0. The van der Waals surface area contributed by atoms with Gasteiger partial charge in [-0.15, -0.1) is 0 Å². The summed E-state index contributed by atoms with van der Waals surface area (Å²) < 4.78 is 7.24. The van der Waals surface area contributed by atoms with E-state index in [9.17, 15) is 5.11 Å². The molecule has 1 saturated carbocycles. The van der Waals surface area contributed by atoms with Crippen molar-refractivity contribution in [1.82, 2.24) is 0 Å².